The van der Waals surface area contributed by atoms with E-state index in [1.165, 1.54) is 6.07 Å². The topological polar surface area (TPSA) is 26.3 Å². The number of ether oxygens (including phenoxy) is 1. The maximum atomic E-state index is 13.6. The van der Waals surface area contributed by atoms with Gasteiger partial charge in [-0.05, 0) is 17.7 Å². The van der Waals surface area contributed by atoms with Crippen LogP contribution in [0.5, 0.6) is 0 Å². The Morgan fingerprint density at radius 3 is 2.59 bits per heavy atom. The second-order valence-corrected chi connectivity index (χ2v) is 5.77. The molecule has 1 atom stereocenters. The van der Waals surface area contributed by atoms with Gasteiger partial charge in [-0.3, -0.25) is 0 Å². The predicted octanol–water partition coefficient (Wildman–Crippen LogP) is 4.02. The molecule has 0 bridgehead atoms. The Bertz CT molecular complexity index is 409. The molecule has 0 saturated heterocycles. The summed E-state index contributed by atoms with van der Waals surface area (Å²) in [6.45, 7) is 4.09. The van der Waals surface area contributed by atoms with Gasteiger partial charge in [0, 0.05) is 10.1 Å². The van der Waals surface area contributed by atoms with E-state index in [9.17, 15) is 9.18 Å². The van der Waals surface area contributed by atoms with Crippen molar-refractivity contribution in [1.29, 1.82) is 0 Å². The van der Waals surface area contributed by atoms with Gasteiger partial charge in [-0.1, -0.05) is 31.5 Å². The number of rotatable bonds is 4. The highest BCUT2D eigenvalue weighted by atomic mass is 35.5. The Morgan fingerprint density at radius 2 is 2.12 bits per heavy atom. The van der Waals surface area contributed by atoms with Crippen molar-refractivity contribution in [3.05, 3.63) is 28.8 Å². The van der Waals surface area contributed by atoms with Crippen molar-refractivity contribution >= 4 is 29.3 Å². The fourth-order valence-electron chi connectivity index (χ4n) is 1.26. The molecule has 1 unspecified atom stereocenters. The lowest BCUT2D eigenvalue weighted by atomic mass is 10.1. The molecule has 0 amide bonds. The van der Waals surface area contributed by atoms with Crippen molar-refractivity contribution < 1.29 is 13.9 Å². The highest BCUT2D eigenvalue weighted by Gasteiger charge is 2.21. The number of benzene rings is 1. The van der Waals surface area contributed by atoms with E-state index >= 15 is 0 Å². The first-order valence-electron chi connectivity index (χ1n) is 5.13. The van der Waals surface area contributed by atoms with E-state index in [2.05, 4.69) is 4.74 Å². The maximum Gasteiger partial charge on any atom is 0.345 e. The summed E-state index contributed by atoms with van der Waals surface area (Å²) in [4.78, 5) is 11.9. The largest absolute Gasteiger partial charge is 0.467 e. The maximum absolute atomic E-state index is 13.6. The highest BCUT2D eigenvalue weighted by Crippen LogP contribution is 2.33. The fourth-order valence-corrected chi connectivity index (χ4v) is 2.41. The molecule has 0 heterocycles. The van der Waals surface area contributed by atoms with Crippen molar-refractivity contribution in [2.45, 2.75) is 30.2 Å². The van der Waals surface area contributed by atoms with Gasteiger partial charge < -0.3 is 4.74 Å². The minimum atomic E-state index is -1.78. The number of thioether (sulfide) groups is 1. The summed E-state index contributed by atoms with van der Waals surface area (Å²) in [6.07, 6.45) is -1.78. The molecule has 0 aliphatic carbocycles. The normalized spacial score (nSPS) is 12.6. The van der Waals surface area contributed by atoms with Crippen molar-refractivity contribution in [1.82, 2.24) is 0 Å². The van der Waals surface area contributed by atoms with Crippen LogP contribution in [0.4, 0.5) is 4.39 Å². The Kier molecular flexibility index (Phi) is 5.28. The lowest BCUT2D eigenvalue weighted by Crippen LogP contribution is -2.09. The third kappa shape index (κ3) is 3.89. The number of carbonyl (C=O) groups excluding carboxylic acids is 1. The van der Waals surface area contributed by atoms with Crippen LogP contribution in [0.3, 0.4) is 0 Å². The van der Waals surface area contributed by atoms with Gasteiger partial charge in [0.05, 0.1) is 12.1 Å². The number of hydrogen-bond acceptors (Lipinski definition) is 3. The second kappa shape index (κ2) is 6.26. The molecule has 5 heteroatoms. The molecule has 0 N–H and O–H groups in total. The van der Waals surface area contributed by atoms with E-state index < -0.39 is 12.1 Å². The Morgan fingerprint density at radius 1 is 1.47 bits per heavy atom. The molecule has 0 fully saturated rings. The fraction of sp³-hybridized carbons (Fsp3) is 0.417. The van der Waals surface area contributed by atoms with Crippen LogP contribution in [0.15, 0.2) is 23.1 Å². The van der Waals surface area contributed by atoms with Crippen LogP contribution in [0.25, 0.3) is 0 Å². The van der Waals surface area contributed by atoms with Crippen LogP contribution in [-0.4, -0.2) is 18.3 Å². The Balaban J connectivity index is 2.92. The van der Waals surface area contributed by atoms with E-state index in [1.807, 2.05) is 13.8 Å². The molecule has 0 aliphatic heterocycles. The van der Waals surface area contributed by atoms with E-state index in [1.54, 1.807) is 23.9 Å². The molecule has 1 aromatic rings. The third-order valence-electron chi connectivity index (χ3n) is 2.02. The van der Waals surface area contributed by atoms with Crippen LogP contribution in [0.1, 0.15) is 25.6 Å². The molecule has 17 heavy (non-hydrogen) atoms. The SMILES string of the molecule is COC(=O)C(F)c1ccc(SC(C)C)c(Cl)c1. The van der Waals surface area contributed by atoms with Crippen molar-refractivity contribution in [2.75, 3.05) is 7.11 Å². The van der Waals surface area contributed by atoms with Gasteiger partial charge in [0.2, 0.25) is 6.17 Å². The quantitative estimate of drug-likeness (QED) is 0.614. The first-order chi connectivity index (χ1) is 7.95. The number of carbonyl (C=O) groups is 1. The zero-order valence-corrected chi connectivity index (χ0v) is 11.4. The molecule has 1 aromatic carbocycles. The van der Waals surface area contributed by atoms with Crippen LogP contribution >= 0.6 is 23.4 Å². The molecule has 0 aliphatic rings. The molecular formula is C12H14ClFO2S. The molecule has 0 saturated carbocycles. The molecule has 0 radical (unpaired) electrons. The van der Waals surface area contributed by atoms with Gasteiger partial charge in [-0.25, -0.2) is 9.18 Å². The second-order valence-electron chi connectivity index (χ2n) is 3.74. The lowest BCUT2D eigenvalue weighted by molar-refractivity contribution is -0.146. The molecule has 0 aromatic heterocycles. The average molecular weight is 277 g/mol. The summed E-state index contributed by atoms with van der Waals surface area (Å²) < 4.78 is 17.9. The van der Waals surface area contributed by atoms with Gasteiger partial charge in [0.15, 0.2) is 0 Å². The summed E-state index contributed by atoms with van der Waals surface area (Å²) in [5.74, 6) is -0.912. The summed E-state index contributed by atoms with van der Waals surface area (Å²) >= 11 is 7.61. The van der Waals surface area contributed by atoms with Crippen molar-refractivity contribution in [2.24, 2.45) is 0 Å². The highest BCUT2D eigenvalue weighted by molar-refractivity contribution is 8.00. The monoisotopic (exact) mass is 276 g/mol. The smallest absolute Gasteiger partial charge is 0.345 e. The van der Waals surface area contributed by atoms with Crippen molar-refractivity contribution in [3.8, 4) is 0 Å². The van der Waals surface area contributed by atoms with Crippen LogP contribution < -0.4 is 0 Å². The first kappa shape index (κ1) is 14.3. The molecule has 1 rings (SSSR count). The van der Waals surface area contributed by atoms with Gasteiger partial charge >= 0.3 is 5.97 Å². The molecule has 2 nitrogen and oxygen atoms in total. The van der Waals surface area contributed by atoms with Crippen LogP contribution in [0, 0.1) is 0 Å². The number of methoxy groups -OCH3 is 1. The first-order valence-corrected chi connectivity index (χ1v) is 6.39. The van der Waals surface area contributed by atoms with Gasteiger partial charge in [-0.15, -0.1) is 11.8 Å². The third-order valence-corrected chi connectivity index (χ3v) is 3.53. The van der Waals surface area contributed by atoms with Crippen molar-refractivity contribution in [3.63, 3.8) is 0 Å². The summed E-state index contributed by atoms with van der Waals surface area (Å²) in [6, 6.07) is 4.74. The van der Waals surface area contributed by atoms with E-state index in [-0.39, 0.29) is 5.56 Å². The zero-order valence-electron chi connectivity index (χ0n) is 9.87. The lowest BCUT2D eigenvalue weighted by Gasteiger charge is -2.10. The zero-order chi connectivity index (χ0) is 13.0. The molecular weight excluding hydrogens is 263 g/mol. The van der Waals surface area contributed by atoms with Gasteiger partial charge in [0.1, 0.15) is 0 Å². The molecule has 0 spiro atoms. The van der Waals surface area contributed by atoms with E-state index in [4.69, 9.17) is 11.6 Å². The summed E-state index contributed by atoms with van der Waals surface area (Å²) in [7, 11) is 1.15. The van der Waals surface area contributed by atoms with Crippen LogP contribution in [0.2, 0.25) is 5.02 Å². The van der Waals surface area contributed by atoms with Gasteiger partial charge in [-0.2, -0.15) is 0 Å². The Hall–Kier alpha value is -0.740. The number of halogens is 2. The summed E-state index contributed by atoms with van der Waals surface area (Å²) in [5.41, 5.74) is 0.218. The van der Waals surface area contributed by atoms with Gasteiger partial charge in [0.25, 0.3) is 0 Å². The minimum Gasteiger partial charge on any atom is -0.467 e. The number of esters is 1. The Labute approximate surface area is 109 Å². The molecule has 94 valence electrons. The predicted molar refractivity (Wildman–Crippen MR) is 68.3 cm³/mol. The van der Waals surface area contributed by atoms with E-state index in [0.29, 0.717) is 10.3 Å². The average Bonchev–Trinajstić information content (AvgIpc) is 2.29. The minimum absolute atomic E-state index is 0.218. The number of alkyl halides is 1. The van der Waals surface area contributed by atoms with E-state index in [0.717, 1.165) is 12.0 Å². The number of hydrogen-bond donors (Lipinski definition) is 0. The van der Waals surface area contributed by atoms with Crippen LogP contribution in [-0.2, 0) is 9.53 Å². The standard InChI is InChI=1S/C12H14ClFO2S/c1-7(2)17-10-5-4-8(6-9(10)13)11(14)12(15)16-3/h4-7,11H,1-3H3. The summed E-state index contributed by atoms with van der Waals surface area (Å²) in [5, 5.41) is 0.841.